The predicted molar refractivity (Wildman–Crippen MR) is 110 cm³/mol. The van der Waals surface area contributed by atoms with E-state index in [1.807, 2.05) is 30.3 Å². The van der Waals surface area contributed by atoms with E-state index in [4.69, 9.17) is 0 Å². The minimum Gasteiger partial charge on any atom is -0.325 e. The van der Waals surface area contributed by atoms with Crippen LogP contribution in [0.2, 0.25) is 0 Å². The van der Waals surface area contributed by atoms with Gasteiger partial charge >= 0.3 is 0 Å². The van der Waals surface area contributed by atoms with Crippen molar-refractivity contribution in [3.8, 4) is 11.1 Å². The van der Waals surface area contributed by atoms with Crippen LogP contribution in [-0.2, 0) is 14.6 Å². The highest BCUT2D eigenvalue weighted by Gasteiger charge is 2.22. The van der Waals surface area contributed by atoms with Crippen molar-refractivity contribution in [3.05, 3.63) is 90.5 Å². The number of para-hydroxylation sites is 1. The smallest absolute Gasteiger partial charge is 0.239 e. The van der Waals surface area contributed by atoms with Gasteiger partial charge in [-0.1, -0.05) is 72.8 Å². The van der Waals surface area contributed by atoms with Crippen LogP contribution in [-0.4, -0.2) is 31.6 Å². The molecule has 1 N–H and O–H groups in total. The molecule has 0 atom stereocenters. The minimum atomic E-state index is -3.87. The Labute approximate surface area is 164 Å². The highest BCUT2D eigenvalue weighted by atomic mass is 32.2. The number of amides is 1. The van der Waals surface area contributed by atoms with Gasteiger partial charge in [0.1, 0.15) is 11.5 Å². The molecule has 0 heterocycles. The van der Waals surface area contributed by atoms with Crippen molar-refractivity contribution >= 4 is 27.2 Å². The molecular weight excluding hydrogens is 374 g/mol. The quantitative estimate of drug-likeness (QED) is 0.622. The lowest BCUT2D eigenvalue weighted by molar-refractivity contribution is -0.113. The zero-order chi connectivity index (χ0) is 20.0. The number of benzene rings is 3. The molecule has 0 unspecified atom stereocenters. The van der Waals surface area contributed by atoms with Crippen LogP contribution in [0.4, 0.5) is 5.69 Å². The molecule has 3 aromatic rings. The molecule has 0 aliphatic rings. The van der Waals surface area contributed by atoms with Crippen LogP contribution >= 0.6 is 0 Å². The molecular formula is C22H19NO4S. The second-order valence-corrected chi connectivity index (χ2v) is 8.38. The molecule has 0 spiro atoms. The van der Waals surface area contributed by atoms with Gasteiger partial charge < -0.3 is 5.32 Å². The minimum absolute atomic E-state index is 0.298. The zero-order valence-electron chi connectivity index (χ0n) is 15.0. The van der Waals surface area contributed by atoms with Gasteiger partial charge in [0.05, 0.1) is 0 Å². The van der Waals surface area contributed by atoms with E-state index >= 15 is 0 Å². The van der Waals surface area contributed by atoms with E-state index in [-0.39, 0.29) is 0 Å². The number of anilines is 1. The van der Waals surface area contributed by atoms with Gasteiger partial charge in [0, 0.05) is 11.3 Å². The molecule has 0 aromatic heterocycles. The molecule has 5 nitrogen and oxygen atoms in total. The van der Waals surface area contributed by atoms with E-state index in [2.05, 4.69) is 5.32 Å². The SMILES string of the molecule is O=C(CS(=O)(=O)CC(=O)c1ccc(-c2ccccc2)cc1)Nc1ccccc1. The number of rotatable bonds is 7. The van der Waals surface area contributed by atoms with E-state index < -0.39 is 33.0 Å². The summed E-state index contributed by atoms with van der Waals surface area (Å²) in [5.74, 6) is -2.65. The Kier molecular flexibility index (Phi) is 6.01. The second-order valence-electron chi connectivity index (χ2n) is 6.31. The number of nitrogens with one attached hydrogen (secondary N) is 1. The number of ketones is 1. The Bertz CT molecular complexity index is 1060. The van der Waals surface area contributed by atoms with Crippen LogP contribution < -0.4 is 5.32 Å². The topological polar surface area (TPSA) is 80.3 Å². The fourth-order valence-electron chi connectivity index (χ4n) is 2.73. The summed E-state index contributed by atoms with van der Waals surface area (Å²) in [6.07, 6.45) is 0. The first-order chi connectivity index (χ1) is 13.4. The Morgan fingerprint density at radius 2 is 1.21 bits per heavy atom. The molecule has 0 radical (unpaired) electrons. The maximum Gasteiger partial charge on any atom is 0.239 e. The van der Waals surface area contributed by atoms with Gasteiger partial charge in [-0.2, -0.15) is 0 Å². The van der Waals surface area contributed by atoms with E-state index in [9.17, 15) is 18.0 Å². The second kappa shape index (κ2) is 8.63. The number of hydrogen-bond donors (Lipinski definition) is 1. The number of hydrogen-bond acceptors (Lipinski definition) is 4. The number of sulfone groups is 1. The highest BCUT2D eigenvalue weighted by Crippen LogP contribution is 2.19. The Morgan fingerprint density at radius 3 is 1.82 bits per heavy atom. The van der Waals surface area contributed by atoms with Gasteiger partial charge in [-0.05, 0) is 23.3 Å². The van der Waals surface area contributed by atoms with Gasteiger partial charge in [0.15, 0.2) is 15.6 Å². The highest BCUT2D eigenvalue weighted by molar-refractivity contribution is 7.92. The first-order valence-electron chi connectivity index (χ1n) is 8.67. The molecule has 142 valence electrons. The lowest BCUT2D eigenvalue weighted by Gasteiger charge is -2.07. The molecule has 1 amide bonds. The molecule has 3 rings (SSSR count). The van der Waals surface area contributed by atoms with Gasteiger partial charge in [-0.15, -0.1) is 0 Å². The molecule has 0 aliphatic carbocycles. The first kappa shape index (κ1) is 19.5. The number of carbonyl (C=O) groups is 2. The lowest BCUT2D eigenvalue weighted by atomic mass is 10.0. The van der Waals surface area contributed by atoms with E-state index in [0.717, 1.165) is 11.1 Å². The average molecular weight is 393 g/mol. The maximum absolute atomic E-state index is 12.3. The van der Waals surface area contributed by atoms with Crippen LogP contribution in [0.25, 0.3) is 11.1 Å². The predicted octanol–water partition coefficient (Wildman–Crippen LogP) is 3.59. The van der Waals surface area contributed by atoms with Gasteiger partial charge in [0.2, 0.25) is 5.91 Å². The van der Waals surface area contributed by atoms with Crippen molar-refractivity contribution < 1.29 is 18.0 Å². The monoisotopic (exact) mass is 393 g/mol. The Morgan fingerprint density at radius 1 is 0.679 bits per heavy atom. The first-order valence-corrected chi connectivity index (χ1v) is 10.5. The molecule has 6 heteroatoms. The largest absolute Gasteiger partial charge is 0.325 e. The average Bonchev–Trinajstić information content (AvgIpc) is 2.68. The van der Waals surface area contributed by atoms with Crippen LogP contribution in [0.5, 0.6) is 0 Å². The molecule has 0 bridgehead atoms. The summed E-state index contributed by atoms with van der Waals surface area (Å²) in [7, 11) is -3.87. The molecule has 0 aliphatic heterocycles. The molecule has 28 heavy (non-hydrogen) atoms. The maximum atomic E-state index is 12.3. The Hall–Kier alpha value is -3.25. The third-order valence-corrected chi connectivity index (χ3v) is 5.48. The van der Waals surface area contributed by atoms with Crippen molar-refractivity contribution in [3.63, 3.8) is 0 Å². The summed E-state index contributed by atoms with van der Waals surface area (Å²) in [5.41, 5.74) is 2.74. The molecule has 0 saturated carbocycles. The van der Waals surface area contributed by atoms with Gasteiger partial charge in [-0.25, -0.2) is 8.42 Å². The standard InChI is InChI=1S/C22H19NO4S/c24-21(19-13-11-18(12-14-19)17-7-3-1-4-8-17)15-28(26,27)16-22(25)23-20-9-5-2-6-10-20/h1-14H,15-16H2,(H,23,25). The van der Waals surface area contributed by atoms with Crippen LogP contribution in [0, 0.1) is 0 Å². The summed E-state index contributed by atoms with van der Waals surface area (Å²) in [6, 6.07) is 25.0. The van der Waals surface area contributed by atoms with Crippen molar-refractivity contribution in [2.45, 2.75) is 0 Å². The van der Waals surface area contributed by atoms with E-state index in [0.29, 0.717) is 11.3 Å². The lowest BCUT2D eigenvalue weighted by Crippen LogP contribution is -2.27. The fraction of sp³-hybridized carbons (Fsp3) is 0.0909. The van der Waals surface area contributed by atoms with Gasteiger partial charge in [0.25, 0.3) is 0 Å². The van der Waals surface area contributed by atoms with Gasteiger partial charge in [-0.3, -0.25) is 9.59 Å². The summed E-state index contributed by atoms with van der Waals surface area (Å²) < 4.78 is 24.4. The summed E-state index contributed by atoms with van der Waals surface area (Å²) >= 11 is 0. The van der Waals surface area contributed by atoms with Crippen LogP contribution in [0.15, 0.2) is 84.9 Å². The van der Waals surface area contributed by atoms with Crippen LogP contribution in [0.3, 0.4) is 0 Å². The van der Waals surface area contributed by atoms with Crippen LogP contribution in [0.1, 0.15) is 10.4 Å². The fourth-order valence-corrected chi connectivity index (χ4v) is 3.87. The summed E-state index contributed by atoms with van der Waals surface area (Å²) in [4.78, 5) is 24.3. The van der Waals surface area contributed by atoms with E-state index in [1.54, 1.807) is 54.6 Å². The summed E-state index contributed by atoms with van der Waals surface area (Å²) in [6.45, 7) is 0. The molecule has 0 fully saturated rings. The van der Waals surface area contributed by atoms with Crippen molar-refractivity contribution in [1.29, 1.82) is 0 Å². The molecule has 3 aromatic carbocycles. The van der Waals surface area contributed by atoms with E-state index in [1.165, 1.54) is 0 Å². The van der Waals surface area contributed by atoms with Crippen molar-refractivity contribution in [1.82, 2.24) is 0 Å². The molecule has 0 saturated heterocycles. The normalized spacial score (nSPS) is 11.0. The third kappa shape index (κ3) is 5.37. The zero-order valence-corrected chi connectivity index (χ0v) is 15.9. The Balaban J connectivity index is 1.62. The van der Waals surface area contributed by atoms with Crippen molar-refractivity contribution in [2.75, 3.05) is 16.8 Å². The summed E-state index contributed by atoms with van der Waals surface area (Å²) in [5, 5.41) is 2.51. The van der Waals surface area contributed by atoms with Crippen molar-refractivity contribution in [2.24, 2.45) is 0 Å². The number of carbonyl (C=O) groups excluding carboxylic acids is 2. The third-order valence-electron chi connectivity index (χ3n) is 4.07. The number of Topliss-reactive ketones (excluding diaryl/α,β-unsaturated/α-hetero) is 1.